The van der Waals surface area contributed by atoms with Crippen molar-refractivity contribution in [3.8, 4) is 0 Å². The molecule has 17 heavy (non-hydrogen) atoms. The lowest BCUT2D eigenvalue weighted by atomic mass is 10.0. The summed E-state index contributed by atoms with van der Waals surface area (Å²) >= 11 is 1.45. The molecule has 1 aromatic rings. The van der Waals surface area contributed by atoms with Gasteiger partial charge < -0.3 is 10.6 Å². The number of nitrogens with zero attached hydrogens (tertiary/aromatic N) is 2. The maximum Gasteiger partial charge on any atom is 0.273 e. The molecule has 0 aromatic carbocycles. The van der Waals surface area contributed by atoms with Gasteiger partial charge in [0.15, 0.2) is 0 Å². The second-order valence-corrected chi connectivity index (χ2v) is 5.65. The predicted molar refractivity (Wildman–Crippen MR) is 71.6 cm³/mol. The van der Waals surface area contributed by atoms with Crippen molar-refractivity contribution in [2.45, 2.75) is 38.8 Å². The monoisotopic (exact) mass is 275 g/mol. The molecule has 0 radical (unpaired) electrons. The fourth-order valence-corrected chi connectivity index (χ4v) is 2.77. The molecule has 2 rings (SSSR count). The third-order valence-electron chi connectivity index (χ3n) is 3.09. The van der Waals surface area contributed by atoms with Crippen LogP contribution in [0.15, 0.2) is 5.38 Å². The molecule has 0 spiro atoms. The Hall–Kier alpha value is -0.650. The standard InChI is InChI=1S/C11H17N3OS.ClH/c1-11(2)4-3-5-14(11)10(15)8-7-16-9(6-12)13-8;/h7H,3-6,12H2,1-2H3;1H. The number of carbonyl (C=O) groups excluding carboxylic acids is 1. The van der Waals surface area contributed by atoms with Crippen molar-refractivity contribution < 1.29 is 4.79 Å². The van der Waals surface area contributed by atoms with Gasteiger partial charge >= 0.3 is 0 Å². The van der Waals surface area contributed by atoms with Crippen LogP contribution in [0.1, 0.15) is 42.2 Å². The van der Waals surface area contributed by atoms with E-state index in [0.717, 1.165) is 24.4 Å². The van der Waals surface area contributed by atoms with E-state index in [0.29, 0.717) is 12.2 Å². The van der Waals surface area contributed by atoms with Gasteiger partial charge in [0.25, 0.3) is 5.91 Å². The number of aromatic nitrogens is 1. The topological polar surface area (TPSA) is 59.2 Å². The van der Waals surface area contributed by atoms with Crippen LogP contribution in [0.2, 0.25) is 0 Å². The molecule has 1 aliphatic rings. The van der Waals surface area contributed by atoms with E-state index in [1.54, 1.807) is 5.38 Å². The van der Waals surface area contributed by atoms with E-state index < -0.39 is 0 Å². The van der Waals surface area contributed by atoms with Crippen molar-refractivity contribution in [3.05, 3.63) is 16.1 Å². The molecule has 0 saturated carbocycles. The van der Waals surface area contributed by atoms with Crippen LogP contribution in [0, 0.1) is 0 Å². The highest BCUT2D eigenvalue weighted by Crippen LogP contribution is 2.29. The maximum atomic E-state index is 12.2. The lowest BCUT2D eigenvalue weighted by Gasteiger charge is -2.30. The van der Waals surface area contributed by atoms with Gasteiger partial charge in [0, 0.05) is 24.0 Å². The summed E-state index contributed by atoms with van der Waals surface area (Å²) in [7, 11) is 0. The number of nitrogens with two attached hydrogens (primary N) is 1. The summed E-state index contributed by atoms with van der Waals surface area (Å²) in [4.78, 5) is 18.4. The minimum Gasteiger partial charge on any atom is -0.332 e. The van der Waals surface area contributed by atoms with Gasteiger partial charge in [0.05, 0.1) is 0 Å². The Labute approximate surface area is 112 Å². The number of amides is 1. The highest BCUT2D eigenvalue weighted by molar-refractivity contribution is 7.09. The van der Waals surface area contributed by atoms with Crippen molar-refractivity contribution in [2.75, 3.05) is 6.54 Å². The molecule has 1 amide bonds. The van der Waals surface area contributed by atoms with Crippen molar-refractivity contribution in [2.24, 2.45) is 5.73 Å². The van der Waals surface area contributed by atoms with E-state index >= 15 is 0 Å². The number of halogens is 1. The maximum absolute atomic E-state index is 12.2. The van der Waals surface area contributed by atoms with Crippen LogP contribution in [0.5, 0.6) is 0 Å². The molecule has 0 aliphatic carbocycles. The highest BCUT2D eigenvalue weighted by Gasteiger charge is 2.36. The van der Waals surface area contributed by atoms with Crippen LogP contribution in [-0.2, 0) is 6.54 Å². The minimum absolute atomic E-state index is 0. The minimum atomic E-state index is -0.0381. The van der Waals surface area contributed by atoms with E-state index in [2.05, 4.69) is 18.8 Å². The smallest absolute Gasteiger partial charge is 0.273 e. The number of carbonyl (C=O) groups is 1. The first-order chi connectivity index (χ1) is 7.54. The SMILES string of the molecule is CC1(C)CCCN1C(=O)c1csc(CN)n1.Cl. The van der Waals surface area contributed by atoms with Crippen LogP contribution >= 0.6 is 23.7 Å². The summed E-state index contributed by atoms with van der Waals surface area (Å²) in [6.07, 6.45) is 2.14. The number of hydrogen-bond donors (Lipinski definition) is 1. The zero-order chi connectivity index (χ0) is 11.8. The van der Waals surface area contributed by atoms with Crippen LogP contribution in [-0.4, -0.2) is 27.9 Å². The van der Waals surface area contributed by atoms with E-state index in [1.807, 2.05) is 4.90 Å². The summed E-state index contributed by atoms with van der Waals surface area (Å²) in [5.41, 5.74) is 6.00. The molecule has 96 valence electrons. The first kappa shape index (κ1) is 14.4. The van der Waals surface area contributed by atoms with Gasteiger partial charge in [0.2, 0.25) is 0 Å². The average Bonchev–Trinajstić information content (AvgIpc) is 2.82. The first-order valence-electron chi connectivity index (χ1n) is 5.51. The molecule has 0 bridgehead atoms. The molecule has 0 unspecified atom stereocenters. The van der Waals surface area contributed by atoms with E-state index in [4.69, 9.17) is 5.73 Å². The van der Waals surface area contributed by atoms with Gasteiger partial charge in [-0.25, -0.2) is 4.98 Å². The number of thiazole rings is 1. The van der Waals surface area contributed by atoms with Crippen molar-refractivity contribution in [1.29, 1.82) is 0 Å². The zero-order valence-corrected chi connectivity index (χ0v) is 11.7. The molecule has 6 heteroatoms. The van der Waals surface area contributed by atoms with Crippen LogP contribution in [0.25, 0.3) is 0 Å². The molecule has 2 heterocycles. The highest BCUT2D eigenvalue weighted by atomic mass is 35.5. The van der Waals surface area contributed by atoms with Gasteiger partial charge in [-0.05, 0) is 26.7 Å². The van der Waals surface area contributed by atoms with E-state index in [-0.39, 0.29) is 23.9 Å². The number of rotatable bonds is 2. The molecule has 0 atom stereocenters. The fraction of sp³-hybridized carbons (Fsp3) is 0.636. The van der Waals surface area contributed by atoms with Gasteiger partial charge in [0.1, 0.15) is 10.7 Å². The second-order valence-electron chi connectivity index (χ2n) is 4.70. The normalized spacial score (nSPS) is 17.9. The molecule has 1 fully saturated rings. The summed E-state index contributed by atoms with van der Waals surface area (Å²) in [5.74, 6) is 0.0402. The molecule has 2 N–H and O–H groups in total. The largest absolute Gasteiger partial charge is 0.332 e. The summed E-state index contributed by atoms with van der Waals surface area (Å²) in [6.45, 7) is 5.45. The molecule has 1 aromatic heterocycles. The predicted octanol–water partition coefficient (Wildman–Crippen LogP) is 2.04. The van der Waals surface area contributed by atoms with E-state index in [1.165, 1.54) is 11.3 Å². The van der Waals surface area contributed by atoms with Crippen molar-refractivity contribution >= 4 is 29.7 Å². The van der Waals surface area contributed by atoms with E-state index in [9.17, 15) is 4.79 Å². The number of likely N-dealkylation sites (tertiary alicyclic amines) is 1. The Morgan fingerprint density at radius 1 is 1.65 bits per heavy atom. The van der Waals surface area contributed by atoms with Gasteiger partial charge in [-0.3, -0.25) is 4.79 Å². The van der Waals surface area contributed by atoms with Crippen molar-refractivity contribution in [3.63, 3.8) is 0 Å². The zero-order valence-electron chi connectivity index (χ0n) is 10.1. The van der Waals surface area contributed by atoms with Gasteiger partial charge in [-0.1, -0.05) is 0 Å². The van der Waals surface area contributed by atoms with Gasteiger partial charge in [-0.15, -0.1) is 23.7 Å². The Morgan fingerprint density at radius 3 is 2.82 bits per heavy atom. The Kier molecular flexibility index (Phi) is 4.52. The Morgan fingerprint density at radius 2 is 2.35 bits per heavy atom. The Bertz CT molecular complexity index is 405. The quantitative estimate of drug-likeness (QED) is 0.899. The lowest BCUT2D eigenvalue weighted by Crippen LogP contribution is -2.42. The van der Waals surface area contributed by atoms with Gasteiger partial charge in [-0.2, -0.15) is 0 Å². The van der Waals surface area contributed by atoms with Crippen LogP contribution < -0.4 is 5.73 Å². The van der Waals surface area contributed by atoms with Crippen LogP contribution in [0.4, 0.5) is 0 Å². The molecule has 1 saturated heterocycles. The average molecular weight is 276 g/mol. The number of hydrogen-bond acceptors (Lipinski definition) is 4. The summed E-state index contributed by atoms with van der Waals surface area (Å²) < 4.78 is 0. The fourth-order valence-electron chi connectivity index (χ4n) is 2.12. The third kappa shape index (κ3) is 2.78. The summed E-state index contributed by atoms with van der Waals surface area (Å²) in [6, 6.07) is 0. The Balaban J connectivity index is 0.00000144. The molecular formula is C11H18ClN3OS. The van der Waals surface area contributed by atoms with Crippen molar-refractivity contribution in [1.82, 2.24) is 9.88 Å². The first-order valence-corrected chi connectivity index (χ1v) is 6.39. The molecule has 1 aliphatic heterocycles. The second kappa shape index (κ2) is 5.33. The summed E-state index contributed by atoms with van der Waals surface area (Å²) in [5, 5.41) is 2.62. The molecular weight excluding hydrogens is 258 g/mol. The third-order valence-corrected chi connectivity index (χ3v) is 3.96. The molecule has 4 nitrogen and oxygen atoms in total. The lowest BCUT2D eigenvalue weighted by molar-refractivity contribution is 0.0646. The van der Waals surface area contributed by atoms with Crippen LogP contribution in [0.3, 0.4) is 0 Å².